The molecule has 3 aromatic carbocycles. The number of carbonyl (C=O) groups excluding carboxylic acids is 1. The molecule has 0 bridgehead atoms. The highest BCUT2D eigenvalue weighted by molar-refractivity contribution is 5.94. The van der Waals surface area contributed by atoms with Gasteiger partial charge in [-0.15, -0.1) is 0 Å². The van der Waals surface area contributed by atoms with Gasteiger partial charge >= 0.3 is 0 Å². The van der Waals surface area contributed by atoms with Crippen molar-refractivity contribution in [2.75, 3.05) is 13.7 Å². The average molecular weight is 417 g/mol. The molecule has 3 aromatic rings. The smallest absolute Gasteiger partial charge is 0.168 e. The molecule has 31 heavy (non-hydrogen) atoms. The molecule has 160 valence electrons. The van der Waals surface area contributed by atoms with Crippen LogP contribution in [0.3, 0.4) is 0 Å². The number of rotatable bonds is 12. The van der Waals surface area contributed by atoms with Gasteiger partial charge in [-0.2, -0.15) is 0 Å². The van der Waals surface area contributed by atoms with Crippen LogP contribution in [0.4, 0.5) is 0 Å². The van der Waals surface area contributed by atoms with Crippen LogP contribution in [-0.4, -0.2) is 19.5 Å². The largest absolute Gasteiger partial charge is 0.493 e. The lowest BCUT2D eigenvalue weighted by Crippen LogP contribution is -2.01. The number of hydrogen-bond acceptors (Lipinski definition) is 4. The lowest BCUT2D eigenvalue weighted by atomic mass is 10.1. The molecule has 0 aliphatic heterocycles. The van der Waals surface area contributed by atoms with Crippen LogP contribution in [0, 0.1) is 0 Å². The normalized spacial score (nSPS) is 10.9. The van der Waals surface area contributed by atoms with E-state index in [1.165, 1.54) is 0 Å². The summed E-state index contributed by atoms with van der Waals surface area (Å²) in [7, 11) is 1.61. The van der Waals surface area contributed by atoms with Crippen molar-refractivity contribution in [3.63, 3.8) is 0 Å². The van der Waals surface area contributed by atoms with E-state index in [2.05, 4.69) is 0 Å². The third-order valence-corrected chi connectivity index (χ3v) is 4.73. The zero-order valence-electron chi connectivity index (χ0n) is 17.8. The molecule has 0 aliphatic rings. The third-order valence-electron chi connectivity index (χ3n) is 4.73. The lowest BCUT2D eigenvalue weighted by Gasteiger charge is -2.13. The first kappa shape index (κ1) is 22.3. The van der Waals surface area contributed by atoms with E-state index in [4.69, 9.17) is 14.2 Å². The first-order chi connectivity index (χ1) is 15.3. The SMILES string of the molecule is COc1cccc(/C=C/C(=O)CCCOCc2ccccc2)c1OCc1ccccc1. The molecule has 0 saturated carbocycles. The maximum Gasteiger partial charge on any atom is 0.168 e. The highest BCUT2D eigenvalue weighted by atomic mass is 16.5. The molecule has 0 spiro atoms. The Hall–Kier alpha value is -3.37. The molecule has 0 radical (unpaired) electrons. The van der Waals surface area contributed by atoms with Gasteiger partial charge in [0.25, 0.3) is 0 Å². The topological polar surface area (TPSA) is 44.8 Å². The number of ketones is 1. The van der Waals surface area contributed by atoms with Crippen molar-refractivity contribution in [2.24, 2.45) is 0 Å². The molecule has 0 fully saturated rings. The minimum absolute atomic E-state index is 0.0557. The summed E-state index contributed by atoms with van der Waals surface area (Å²) in [4.78, 5) is 12.3. The number of hydrogen-bond donors (Lipinski definition) is 0. The Morgan fingerprint density at radius 3 is 2.19 bits per heavy atom. The standard InChI is InChI=1S/C27H28O4/c1-29-26-16-8-14-24(27(26)31-21-23-12-6-3-7-13-23)17-18-25(28)15-9-19-30-20-22-10-4-2-5-11-22/h2-8,10-14,16-18H,9,15,19-21H2,1H3/b18-17+. The second-order valence-corrected chi connectivity index (χ2v) is 7.09. The van der Waals surface area contributed by atoms with Crippen LogP contribution in [-0.2, 0) is 22.7 Å². The van der Waals surface area contributed by atoms with E-state index in [1.54, 1.807) is 19.3 Å². The van der Waals surface area contributed by atoms with Crippen molar-refractivity contribution in [3.8, 4) is 11.5 Å². The van der Waals surface area contributed by atoms with Gasteiger partial charge in [-0.05, 0) is 35.8 Å². The number of benzene rings is 3. The number of ether oxygens (including phenoxy) is 3. The van der Waals surface area contributed by atoms with Crippen LogP contribution < -0.4 is 9.47 Å². The van der Waals surface area contributed by atoms with Gasteiger partial charge in [-0.1, -0.05) is 72.8 Å². The van der Waals surface area contributed by atoms with Gasteiger partial charge in [0.1, 0.15) is 6.61 Å². The summed E-state index contributed by atoms with van der Waals surface area (Å²) in [5, 5.41) is 0. The summed E-state index contributed by atoms with van der Waals surface area (Å²) >= 11 is 0. The van der Waals surface area contributed by atoms with Crippen molar-refractivity contribution in [3.05, 3.63) is 102 Å². The van der Waals surface area contributed by atoms with Crippen LogP contribution in [0.15, 0.2) is 84.9 Å². The van der Waals surface area contributed by atoms with Crippen LogP contribution in [0.1, 0.15) is 29.5 Å². The molecule has 0 aromatic heterocycles. The van der Waals surface area contributed by atoms with Crippen molar-refractivity contribution in [1.82, 2.24) is 0 Å². The number of methoxy groups -OCH3 is 1. The van der Waals surface area contributed by atoms with Gasteiger partial charge < -0.3 is 14.2 Å². The van der Waals surface area contributed by atoms with E-state index in [1.807, 2.05) is 78.9 Å². The van der Waals surface area contributed by atoms with Gasteiger partial charge in [-0.3, -0.25) is 4.79 Å². The summed E-state index contributed by atoms with van der Waals surface area (Å²) < 4.78 is 17.1. The Morgan fingerprint density at radius 1 is 0.839 bits per heavy atom. The summed E-state index contributed by atoms with van der Waals surface area (Å²) in [5.74, 6) is 1.32. The highest BCUT2D eigenvalue weighted by Gasteiger charge is 2.09. The molecule has 0 atom stereocenters. The molecule has 0 aliphatic carbocycles. The predicted molar refractivity (Wildman–Crippen MR) is 123 cm³/mol. The monoisotopic (exact) mass is 416 g/mol. The second kappa shape index (κ2) is 12.4. The Balaban J connectivity index is 1.51. The molecule has 3 rings (SSSR count). The minimum atomic E-state index is 0.0557. The van der Waals surface area contributed by atoms with E-state index in [9.17, 15) is 4.79 Å². The third kappa shape index (κ3) is 7.43. The molecular weight excluding hydrogens is 388 g/mol. The van der Waals surface area contributed by atoms with E-state index in [-0.39, 0.29) is 5.78 Å². The molecule has 0 saturated heterocycles. The zero-order valence-corrected chi connectivity index (χ0v) is 17.8. The maximum absolute atomic E-state index is 12.3. The first-order valence-electron chi connectivity index (χ1n) is 10.4. The van der Waals surface area contributed by atoms with Crippen molar-refractivity contribution < 1.29 is 19.0 Å². The van der Waals surface area contributed by atoms with Gasteiger partial charge in [0, 0.05) is 18.6 Å². The molecule has 0 amide bonds. The van der Waals surface area contributed by atoms with E-state index < -0.39 is 0 Å². The average Bonchev–Trinajstić information content (AvgIpc) is 2.82. The molecule has 4 heteroatoms. The van der Waals surface area contributed by atoms with Gasteiger partial charge in [0.2, 0.25) is 0 Å². The zero-order chi connectivity index (χ0) is 21.7. The summed E-state index contributed by atoms with van der Waals surface area (Å²) in [6, 6.07) is 25.6. The van der Waals surface area contributed by atoms with Crippen molar-refractivity contribution >= 4 is 11.9 Å². The van der Waals surface area contributed by atoms with Crippen LogP contribution in [0.25, 0.3) is 6.08 Å². The Bertz CT molecular complexity index is 965. The van der Waals surface area contributed by atoms with Gasteiger partial charge in [0.05, 0.1) is 13.7 Å². The Kier molecular flexibility index (Phi) is 8.89. The summed E-state index contributed by atoms with van der Waals surface area (Å²) in [5.41, 5.74) is 3.01. The minimum Gasteiger partial charge on any atom is -0.493 e. The van der Waals surface area contributed by atoms with E-state index >= 15 is 0 Å². The predicted octanol–water partition coefficient (Wildman–Crippen LogP) is 5.85. The lowest BCUT2D eigenvalue weighted by molar-refractivity contribution is -0.114. The molecule has 0 heterocycles. The van der Waals surface area contributed by atoms with Crippen molar-refractivity contribution in [2.45, 2.75) is 26.1 Å². The first-order valence-corrected chi connectivity index (χ1v) is 10.4. The van der Waals surface area contributed by atoms with Crippen LogP contribution in [0.5, 0.6) is 11.5 Å². The van der Waals surface area contributed by atoms with Gasteiger partial charge in [-0.25, -0.2) is 0 Å². The molecular formula is C27H28O4. The van der Waals surface area contributed by atoms with E-state index in [0.717, 1.165) is 16.7 Å². The fraction of sp³-hybridized carbons (Fsp3) is 0.222. The molecule has 4 nitrogen and oxygen atoms in total. The fourth-order valence-electron chi connectivity index (χ4n) is 3.09. The fourth-order valence-corrected chi connectivity index (χ4v) is 3.09. The Morgan fingerprint density at radius 2 is 1.52 bits per heavy atom. The van der Waals surface area contributed by atoms with Crippen LogP contribution in [0.2, 0.25) is 0 Å². The van der Waals surface area contributed by atoms with E-state index in [0.29, 0.717) is 44.2 Å². The maximum atomic E-state index is 12.3. The van der Waals surface area contributed by atoms with Crippen molar-refractivity contribution in [1.29, 1.82) is 0 Å². The highest BCUT2D eigenvalue weighted by Crippen LogP contribution is 2.32. The molecule has 0 N–H and O–H groups in total. The van der Waals surface area contributed by atoms with Crippen LogP contribution >= 0.6 is 0 Å². The van der Waals surface area contributed by atoms with Gasteiger partial charge in [0.15, 0.2) is 17.3 Å². The number of para-hydroxylation sites is 1. The number of carbonyl (C=O) groups is 1. The quantitative estimate of drug-likeness (QED) is 0.274. The summed E-state index contributed by atoms with van der Waals surface area (Å²) in [6.45, 7) is 1.55. The summed E-state index contributed by atoms with van der Waals surface area (Å²) in [6.07, 6.45) is 4.51. The Labute approximate surface area is 184 Å². The molecule has 0 unspecified atom stereocenters. The number of allylic oxidation sites excluding steroid dienone is 1. The second-order valence-electron chi connectivity index (χ2n) is 7.09.